The SMILES string of the molecule is NNC(=O)c1ccc(Oc2ccc(Br)cc2)cc1. The van der Waals surface area contributed by atoms with E-state index in [1.54, 1.807) is 24.3 Å². The molecule has 0 atom stereocenters. The molecule has 0 saturated heterocycles. The van der Waals surface area contributed by atoms with Gasteiger partial charge < -0.3 is 4.74 Å². The average Bonchev–Trinajstić information content (AvgIpc) is 2.41. The topological polar surface area (TPSA) is 64.3 Å². The molecule has 2 rings (SSSR count). The van der Waals surface area contributed by atoms with Gasteiger partial charge in [-0.3, -0.25) is 10.2 Å². The van der Waals surface area contributed by atoms with Crippen molar-refractivity contribution >= 4 is 21.8 Å². The predicted molar refractivity (Wildman–Crippen MR) is 72.3 cm³/mol. The van der Waals surface area contributed by atoms with Crippen LogP contribution in [0.2, 0.25) is 0 Å². The number of halogens is 1. The highest BCUT2D eigenvalue weighted by Crippen LogP contribution is 2.23. The molecule has 92 valence electrons. The number of nitrogens with two attached hydrogens (primary N) is 1. The van der Waals surface area contributed by atoms with Gasteiger partial charge in [0.15, 0.2) is 0 Å². The molecule has 2 aromatic carbocycles. The summed E-state index contributed by atoms with van der Waals surface area (Å²) < 4.78 is 6.61. The van der Waals surface area contributed by atoms with Gasteiger partial charge in [-0.05, 0) is 48.5 Å². The highest BCUT2D eigenvalue weighted by atomic mass is 79.9. The van der Waals surface area contributed by atoms with E-state index in [1.165, 1.54) is 0 Å². The minimum absolute atomic E-state index is 0.329. The van der Waals surface area contributed by atoms with Crippen LogP contribution in [0.5, 0.6) is 11.5 Å². The van der Waals surface area contributed by atoms with Gasteiger partial charge in [-0.15, -0.1) is 0 Å². The highest BCUT2D eigenvalue weighted by Gasteiger charge is 2.03. The first-order valence-corrected chi connectivity index (χ1v) is 6.03. The Morgan fingerprint density at radius 3 is 2.00 bits per heavy atom. The number of nitrogens with one attached hydrogen (secondary N) is 1. The second kappa shape index (κ2) is 5.66. The number of hydrogen-bond donors (Lipinski definition) is 2. The normalized spacial score (nSPS) is 9.89. The Morgan fingerprint density at radius 2 is 1.50 bits per heavy atom. The number of ether oxygens (including phenoxy) is 1. The monoisotopic (exact) mass is 306 g/mol. The summed E-state index contributed by atoms with van der Waals surface area (Å²) >= 11 is 3.35. The van der Waals surface area contributed by atoms with E-state index >= 15 is 0 Å². The van der Waals surface area contributed by atoms with Crippen LogP contribution in [-0.2, 0) is 0 Å². The summed E-state index contributed by atoms with van der Waals surface area (Å²) in [4.78, 5) is 11.2. The number of amides is 1. The number of carbonyl (C=O) groups excluding carboxylic acids is 1. The number of rotatable bonds is 3. The summed E-state index contributed by atoms with van der Waals surface area (Å²) in [7, 11) is 0. The first kappa shape index (κ1) is 12.6. The van der Waals surface area contributed by atoms with Gasteiger partial charge in [0.2, 0.25) is 0 Å². The van der Waals surface area contributed by atoms with Crippen molar-refractivity contribution < 1.29 is 9.53 Å². The fraction of sp³-hybridized carbons (Fsp3) is 0. The largest absolute Gasteiger partial charge is 0.457 e. The zero-order chi connectivity index (χ0) is 13.0. The van der Waals surface area contributed by atoms with Gasteiger partial charge in [0.25, 0.3) is 5.91 Å². The van der Waals surface area contributed by atoms with Crippen molar-refractivity contribution in [3.05, 3.63) is 58.6 Å². The standard InChI is InChI=1S/C13H11BrN2O2/c14-10-3-7-12(8-4-10)18-11-5-1-9(2-6-11)13(17)16-15/h1-8H,15H2,(H,16,17). The molecule has 0 aromatic heterocycles. The second-order valence-electron chi connectivity index (χ2n) is 3.55. The summed E-state index contributed by atoms with van der Waals surface area (Å²) in [5.41, 5.74) is 2.56. The Bertz CT molecular complexity index is 538. The van der Waals surface area contributed by atoms with Crippen LogP contribution in [0.4, 0.5) is 0 Å². The Labute approximate surface area is 113 Å². The van der Waals surface area contributed by atoms with E-state index < -0.39 is 0 Å². The molecule has 2 aromatic rings. The fourth-order valence-electron chi connectivity index (χ4n) is 1.40. The number of hydrazine groups is 1. The molecule has 4 nitrogen and oxygen atoms in total. The van der Waals surface area contributed by atoms with Gasteiger partial charge in [0.1, 0.15) is 11.5 Å². The molecular weight excluding hydrogens is 296 g/mol. The second-order valence-corrected chi connectivity index (χ2v) is 4.47. The molecule has 0 radical (unpaired) electrons. The lowest BCUT2D eigenvalue weighted by atomic mass is 10.2. The summed E-state index contributed by atoms with van der Waals surface area (Å²) in [6.07, 6.45) is 0. The molecular formula is C13H11BrN2O2. The molecule has 0 aliphatic heterocycles. The smallest absolute Gasteiger partial charge is 0.265 e. The van der Waals surface area contributed by atoms with Gasteiger partial charge in [0.05, 0.1) is 0 Å². The van der Waals surface area contributed by atoms with Crippen LogP contribution in [0.1, 0.15) is 10.4 Å². The zero-order valence-corrected chi connectivity index (χ0v) is 11.0. The molecule has 0 aliphatic carbocycles. The van der Waals surface area contributed by atoms with Crippen molar-refractivity contribution in [2.75, 3.05) is 0 Å². The van der Waals surface area contributed by atoms with Crippen molar-refractivity contribution in [1.82, 2.24) is 5.43 Å². The fourth-order valence-corrected chi connectivity index (χ4v) is 1.66. The van der Waals surface area contributed by atoms with E-state index in [2.05, 4.69) is 21.4 Å². The van der Waals surface area contributed by atoms with Crippen molar-refractivity contribution in [3.8, 4) is 11.5 Å². The Morgan fingerprint density at radius 1 is 1.00 bits per heavy atom. The molecule has 18 heavy (non-hydrogen) atoms. The van der Waals surface area contributed by atoms with Gasteiger partial charge in [-0.25, -0.2) is 5.84 Å². The van der Waals surface area contributed by atoms with E-state index in [1.807, 2.05) is 24.3 Å². The van der Waals surface area contributed by atoms with Crippen molar-refractivity contribution in [2.24, 2.45) is 5.84 Å². The molecule has 0 saturated carbocycles. The maximum atomic E-state index is 11.2. The third-order valence-corrected chi connectivity index (χ3v) is 2.83. The maximum Gasteiger partial charge on any atom is 0.265 e. The van der Waals surface area contributed by atoms with E-state index in [4.69, 9.17) is 10.6 Å². The average molecular weight is 307 g/mol. The quantitative estimate of drug-likeness (QED) is 0.520. The first-order valence-electron chi connectivity index (χ1n) is 5.23. The molecule has 5 heteroatoms. The Hall–Kier alpha value is -1.85. The van der Waals surface area contributed by atoms with E-state index in [-0.39, 0.29) is 5.91 Å². The molecule has 0 aliphatic rings. The lowest BCUT2D eigenvalue weighted by molar-refractivity contribution is 0.0953. The first-order chi connectivity index (χ1) is 8.69. The van der Waals surface area contributed by atoms with Crippen LogP contribution >= 0.6 is 15.9 Å². The van der Waals surface area contributed by atoms with E-state index in [9.17, 15) is 4.79 Å². The minimum atomic E-state index is -0.329. The van der Waals surface area contributed by atoms with Crippen LogP contribution in [0.15, 0.2) is 53.0 Å². The number of benzene rings is 2. The van der Waals surface area contributed by atoms with Crippen LogP contribution in [0, 0.1) is 0 Å². The summed E-state index contributed by atoms with van der Waals surface area (Å²) in [5, 5.41) is 0. The van der Waals surface area contributed by atoms with Crippen LogP contribution in [0.25, 0.3) is 0 Å². The maximum absolute atomic E-state index is 11.2. The van der Waals surface area contributed by atoms with Crippen LogP contribution in [0.3, 0.4) is 0 Å². The summed E-state index contributed by atoms with van der Waals surface area (Å²) in [6, 6.07) is 14.2. The summed E-state index contributed by atoms with van der Waals surface area (Å²) in [6.45, 7) is 0. The van der Waals surface area contributed by atoms with Gasteiger partial charge in [-0.1, -0.05) is 15.9 Å². The molecule has 0 spiro atoms. The van der Waals surface area contributed by atoms with Crippen molar-refractivity contribution in [1.29, 1.82) is 0 Å². The highest BCUT2D eigenvalue weighted by molar-refractivity contribution is 9.10. The van der Waals surface area contributed by atoms with Crippen LogP contribution in [-0.4, -0.2) is 5.91 Å². The zero-order valence-electron chi connectivity index (χ0n) is 9.39. The van der Waals surface area contributed by atoms with Gasteiger partial charge in [-0.2, -0.15) is 0 Å². The number of carbonyl (C=O) groups is 1. The minimum Gasteiger partial charge on any atom is -0.457 e. The molecule has 0 unspecified atom stereocenters. The molecule has 0 heterocycles. The van der Waals surface area contributed by atoms with E-state index in [0.717, 1.165) is 10.2 Å². The summed E-state index contributed by atoms with van der Waals surface area (Å²) in [5.74, 6) is 6.11. The van der Waals surface area contributed by atoms with E-state index in [0.29, 0.717) is 11.3 Å². The van der Waals surface area contributed by atoms with Crippen LogP contribution < -0.4 is 16.0 Å². The molecule has 0 fully saturated rings. The lowest BCUT2D eigenvalue weighted by Crippen LogP contribution is -2.29. The number of hydrogen-bond acceptors (Lipinski definition) is 3. The van der Waals surface area contributed by atoms with Gasteiger partial charge in [0, 0.05) is 10.0 Å². The third kappa shape index (κ3) is 3.09. The Kier molecular flexibility index (Phi) is 3.96. The predicted octanol–water partition coefficient (Wildman–Crippen LogP) is 2.84. The molecule has 1 amide bonds. The van der Waals surface area contributed by atoms with Gasteiger partial charge >= 0.3 is 0 Å². The Balaban J connectivity index is 2.10. The third-order valence-electron chi connectivity index (χ3n) is 2.30. The molecule has 3 N–H and O–H groups in total. The van der Waals surface area contributed by atoms with Crippen molar-refractivity contribution in [2.45, 2.75) is 0 Å². The lowest BCUT2D eigenvalue weighted by Gasteiger charge is -2.06. The van der Waals surface area contributed by atoms with Crippen molar-refractivity contribution in [3.63, 3.8) is 0 Å². The molecule has 0 bridgehead atoms. The number of nitrogen functional groups attached to an aromatic ring is 1.